The molecule has 0 aliphatic rings. The summed E-state index contributed by atoms with van der Waals surface area (Å²) in [6.07, 6.45) is 1.58. The molecule has 0 bridgehead atoms. The number of hydrogen-bond donors (Lipinski definition) is 1. The Morgan fingerprint density at radius 3 is 3.20 bits per heavy atom. The van der Waals surface area contributed by atoms with Crippen molar-refractivity contribution >= 4 is 34.0 Å². The first-order valence-electron chi connectivity index (χ1n) is 4.15. The first-order valence-corrected chi connectivity index (χ1v) is 5.56. The molecule has 0 fully saturated rings. The van der Waals surface area contributed by atoms with E-state index in [1.807, 2.05) is 11.4 Å². The van der Waals surface area contributed by atoms with Crippen molar-refractivity contribution in [3.8, 4) is 11.5 Å². The molecule has 0 radical (unpaired) electrons. The van der Waals surface area contributed by atoms with Crippen molar-refractivity contribution < 1.29 is 9.21 Å². The highest BCUT2D eigenvalue weighted by Crippen LogP contribution is 2.24. The molecule has 0 saturated carbocycles. The van der Waals surface area contributed by atoms with E-state index in [1.54, 1.807) is 12.3 Å². The Labute approximate surface area is 94.9 Å². The Hall–Kier alpha value is -1.33. The van der Waals surface area contributed by atoms with Crippen LogP contribution in [0.5, 0.6) is 0 Å². The van der Waals surface area contributed by atoms with Crippen molar-refractivity contribution in [1.29, 1.82) is 0 Å². The zero-order chi connectivity index (χ0) is 10.7. The number of carbonyl (C=O) groups excluding carboxylic acids is 1. The molecule has 0 unspecified atom stereocenters. The van der Waals surface area contributed by atoms with E-state index in [4.69, 9.17) is 16.0 Å². The summed E-state index contributed by atoms with van der Waals surface area (Å²) in [5, 5.41) is 4.90. The highest BCUT2D eigenvalue weighted by atomic mass is 35.5. The van der Waals surface area contributed by atoms with Gasteiger partial charge in [0.25, 0.3) is 0 Å². The van der Waals surface area contributed by atoms with Crippen LogP contribution in [0.4, 0.5) is 5.13 Å². The van der Waals surface area contributed by atoms with Gasteiger partial charge in [-0.3, -0.25) is 4.79 Å². The number of thiazole rings is 1. The van der Waals surface area contributed by atoms with E-state index in [9.17, 15) is 4.79 Å². The van der Waals surface area contributed by atoms with E-state index in [1.165, 1.54) is 11.3 Å². The van der Waals surface area contributed by atoms with E-state index in [-0.39, 0.29) is 11.8 Å². The van der Waals surface area contributed by atoms with Gasteiger partial charge < -0.3 is 9.73 Å². The summed E-state index contributed by atoms with van der Waals surface area (Å²) in [6, 6.07) is 3.59. The van der Waals surface area contributed by atoms with Gasteiger partial charge in [0, 0.05) is 5.38 Å². The summed E-state index contributed by atoms with van der Waals surface area (Å²) in [5.41, 5.74) is 0.704. The van der Waals surface area contributed by atoms with Crippen LogP contribution in [0, 0.1) is 0 Å². The van der Waals surface area contributed by atoms with Gasteiger partial charge >= 0.3 is 0 Å². The molecule has 2 aromatic rings. The molecule has 6 heteroatoms. The number of nitrogens with zero attached hydrogens (tertiary/aromatic N) is 1. The molecular formula is C9H7ClN2O2S. The predicted molar refractivity (Wildman–Crippen MR) is 59.2 cm³/mol. The first kappa shape index (κ1) is 10.2. The lowest BCUT2D eigenvalue weighted by Crippen LogP contribution is -2.12. The summed E-state index contributed by atoms with van der Waals surface area (Å²) < 4.78 is 5.17. The quantitative estimate of drug-likeness (QED) is 0.842. The van der Waals surface area contributed by atoms with Gasteiger partial charge in [0.2, 0.25) is 5.91 Å². The first-order chi connectivity index (χ1) is 7.29. The minimum absolute atomic E-state index is 0.0737. The minimum Gasteiger partial charge on any atom is -0.463 e. The molecule has 78 valence electrons. The second-order valence-corrected chi connectivity index (χ2v) is 3.82. The van der Waals surface area contributed by atoms with Crippen LogP contribution in [0.1, 0.15) is 0 Å². The van der Waals surface area contributed by atoms with Crippen LogP contribution in [0.2, 0.25) is 0 Å². The van der Waals surface area contributed by atoms with Crippen molar-refractivity contribution in [3.63, 3.8) is 0 Å². The fourth-order valence-electron chi connectivity index (χ4n) is 1.02. The van der Waals surface area contributed by atoms with Crippen LogP contribution >= 0.6 is 22.9 Å². The Kier molecular flexibility index (Phi) is 3.03. The van der Waals surface area contributed by atoms with Crippen molar-refractivity contribution in [2.45, 2.75) is 0 Å². The van der Waals surface area contributed by atoms with Crippen molar-refractivity contribution in [2.75, 3.05) is 11.2 Å². The molecule has 0 spiro atoms. The molecule has 0 aliphatic heterocycles. The molecule has 1 amide bonds. The maximum atomic E-state index is 11.0. The SMILES string of the molecule is O=C(CCl)Nc1nc(-c2ccco2)cs1. The highest BCUT2D eigenvalue weighted by molar-refractivity contribution is 7.14. The predicted octanol–water partition coefficient (Wildman–Crippen LogP) is 2.58. The molecular weight excluding hydrogens is 236 g/mol. The lowest BCUT2D eigenvalue weighted by molar-refractivity contribution is -0.113. The Morgan fingerprint density at radius 2 is 2.53 bits per heavy atom. The minimum atomic E-state index is -0.267. The van der Waals surface area contributed by atoms with Gasteiger partial charge in [0.1, 0.15) is 11.6 Å². The normalized spacial score (nSPS) is 10.2. The number of carbonyl (C=O) groups is 1. The molecule has 1 N–H and O–H groups in total. The molecule has 0 atom stereocenters. The molecule has 0 aromatic carbocycles. The molecule has 2 rings (SSSR count). The van der Waals surface area contributed by atoms with Crippen LogP contribution in [0.3, 0.4) is 0 Å². The monoisotopic (exact) mass is 242 g/mol. The summed E-state index contributed by atoms with van der Waals surface area (Å²) >= 11 is 6.68. The Bertz CT molecular complexity index is 452. The van der Waals surface area contributed by atoms with E-state index < -0.39 is 0 Å². The fourth-order valence-corrected chi connectivity index (χ4v) is 1.80. The number of aromatic nitrogens is 1. The van der Waals surface area contributed by atoms with Gasteiger partial charge in [0.15, 0.2) is 10.9 Å². The van der Waals surface area contributed by atoms with E-state index in [0.29, 0.717) is 16.6 Å². The van der Waals surface area contributed by atoms with Gasteiger partial charge in [0.05, 0.1) is 6.26 Å². The molecule has 4 nitrogen and oxygen atoms in total. The van der Waals surface area contributed by atoms with Crippen LogP contribution in [0.25, 0.3) is 11.5 Å². The summed E-state index contributed by atoms with van der Waals surface area (Å²) in [4.78, 5) is 15.2. The number of nitrogens with one attached hydrogen (secondary N) is 1. The number of anilines is 1. The summed E-state index contributed by atoms with van der Waals surface area (Å²) in [5.74, 6) is 0.338. The third-order valence-corrected chi connectivity index (χ3v) is 2.65. The van der Waals surface area contributed by atoms with Crippen LogP contribution in [-0.4, -0.2) is 16.8 Å². The summed E-state index contributed by atoms with van der Waals surface area (Å²) in [7, 11) is 0. The largest absolute Gasteiger partial charge is 0.463 e. The highest BCUT2D eigenvalue weighted by Gasteiger charge is 2.08. The lowest BCUT2D eigenvalue weighted by atomic mass is 10.4. The Balaban J connectivity index is 2.14. The van der Waals surface area contributed by atoms with Gasteiger partial charge in [-0.2, -0.15) is 0 Å². The van der Waals surface area contributed by atoms with Crippen LogP contribution < -0.4 is 5.32 Å². The van der Waals surface area contributed by atoms with E-state index >= 15 is 0 Å². The number of alkyl halides is 1. The second-order valence-electron chi connectivity index (χ2n) is 2.70. The molecule has 2 aromatic heterocycles. The van der Waals surface area contributed by atoms with Gasteiger partial charge in [-0.15, -0.1) is 22.9 Å². The maximum absolute atomic E-state index is 11.0. The van der Waals surface area contributed by atoms with E-state index in [0.717, 1.165) is 0 Å². The maximum Gasteiger partial charge on any atom is 0.241 e. The molecule has 2 heterocycles. The number of hydrogen-bond acceptors (Lipinski definition) is 4. The Morgan fingerprint density at radius 1 is 1.67 bits per heavy atom. The third-order valence-electron chi connectivity index (χ3n) is 1.65. The number of halogens is 1. The number of rotatable bonds is 3. The number of furan rings is 1. The van der Waals surface area contributed by atoms with Crippen LogP contribution in [0.15, 0.2) is 28.2 Å². The average Bonchev–Trinajstić information content (AvgIpc) is 2.85. The standard InChI is InChI=1S/C9H7ClN2O2S/c10-4-8(13)12-9-11-6(5-15-9)7-2-1-3-14-7/h1-3,5H,4H2,(H,11,12,13). The molecule has 0 saturated heterocycles. The number of amides is 1. The zero-order valence-electron chi connectivity index (χ0n) is 7.57. The topological polar surface area (TPSA) is 55.1 Å². The van der Waals surface area contributed by atoms with Crippen molar-refractivity contribution in [1.82, 2.24) is 4.98 Å². The van der Waals surface area contributed by atoms with Gasteiger partial charge in [-0.25, -0.2) is 4.98 Å². The third kappa shape index (κ3) is 2.37. The smallest absolute Gasteiger partial charge is 0.241 e. The van der Waals surface area contributed by atoms with Gasteiger partial charge in [-0.1, -0.05) is 0 Å². The van der Waals surface area contributed by atoms with Gasteiger partial charge in [-0.05, 0) is 12.1 Å². The van der Waals surface area contributed by atoms with E-state index in [2.05, 4.69) is 10.3 Å². The average molecular weight is 243 g/mol. The van der Waals surface area contributed by atoms with Crippen molar-refractivity contribution in [3.05, 3.63) is 23.8 Å². The fraction of sp³-hybridized carbons (Fsp3) is 0.111. The molecule has 0 aliphatic carbocycles. The lowest BCUT2D eigenvalue weighted by Gasteiger charge is -1.95. The summed E-state index contributed by atoms with van der Waals surface area (Å²) in [6.45, 7) is 0. The van der Waals surface area contributed by atoms with Crippen molar-refractivity contribution in [2.24, 2.45) is 0 Å². The zero-order valence-corrected chi connectivity index (χ0v) is 9.14. The second kappa shape index (κ2) is 4.46. The van der Waals surface area contributed by atoms with Crippen LogP contribution in [-0.2, 0) is 4.79 Å². The molecule has 15 heavy (non-hydrogen) atoms.